The molecule has 0 aliphatic rings. The third-order valence-electron chi connectivity index (χ3n) is 4.00. The van der Waals surface area contributed by atoms with Crippen LogP contribution in [0.4, 0.5) is 0 Å². The van der Waals surface area contributed by atoms with E-state index in [1.54, 1.807) is 30.3 Å². The molecule has 0 aliphatic heterocycles. The van der Waals surface area contributed by atoms with Gasteiger partial charge in [-0.25, -0.2) is 4.98 Å². The van der Waals surface area contributed by atoms with Gasteiger partial charge in [-0.2, -0.15) is 0 Å². The molecule has 0 spiro atoms. The zero-order valence-corrected chi connectivity index (χ0v) is 16.5. The summed E-state index contributed by atoms with van der Waals surface area (Å²) < 4.78 is 8.29. The number of amides is 2. The lowest BCUT2D eigenvalue weighted by Gasteiger charge is -2.09. The van der Waals surface area contributed by atoms with Gasteiger partial charge in [-0.05, 0) is 50.2 Å². The van der Waals surface area contributed by atoms with Crippen molar-refractivity contribution in [2.24, 2.45) is 0 Å². The van der Waals surface area contributed by atoms with Crippen molar-refractivity contribution >= 4 is 38.8 Å². The summed E-state index contributed by atoms with van der Waals surface area (Å²) in [6.07, 6.45) is 0. The minimum absolute atomic E-state index is 0.212. The van der Waals surface area contributed by atoms with Gasteiger partial charge in [0.05, 0.1) is 11.0 Å². The molecular weight excluding hydrogens is 412 g/mol. The zero-order chi connectivity index (χ0) is 19.4. The van der Waals surface area contributed by atoms with Gasteiger partial charge < -0.3 is 9.30 Å². The highest BCUT2D eigenvalue weighted by Crippen LogP contribution is 2.18. The van der Waals surface area contributed by atoms with E-state index in [0.29, 0.717) is 11.3 Å². The molecule has 3 rings (SSSR count). The number of carbonyl (C=O) groups excluding carboxylic acids is 2. The van der Waals surface area contributed by atoms with E-state index in [0.717, 1.165) is 27.9 Å². The third kappa shape index (κ3) is 4.46. The van der Waals surface area contributed by atoms with Crippen LogP contribution in [0.1, 0.15) is 23.1 Å². The number of carbonyl (C=O) groups is 2. The summed E-state index contributed by atoms with van der Waals surface area (Å²) in [7, 11) is 0. The Morgan fingerprint density at radius 3 is 2.74 bits per heavy atom. The molecule has 1 heterocycles. The Morgan fingerprint density at radius 1 is 1.19 bits per heavy atom. The average molecular weight is 431 g/mol. The van der Waals surface area contributed by atoms with Crippen LogP contribution < -0.4 is 15.6 Å². The second kappa shape index (κ2) is 8.22. The maximum atomic E-state index is 12.3. The van der Waals surface area contributed by atoms with Gasteiger partial charge in [-0.15, -0.1) is 0 Å². The number of aromatic nitrogens is 2. The molecule has 2 aromatic carbocycles. The largest absolute Gasteiger partial charge is 0.484 e. The highest BCUT2D eigenvalue weighted by atomic mass is 79.9. The van der Waals surface area contributed by atoms with Gasteiger partial charge >= 0.3 is 0 Å². The summed E-state index contributed by atoms with van der Waals surface area (Å²) in [4.78, 5) is 28.6. The summed E-state index contributed by atoms with van der Waals surface area (Å²) in [6.45, 7) is 4.56. The number of nitrogens with zero attached hydrogens (tertiary/aromatic N) is 2. The number of fused-ring (bicyclic) bond motifs is 1. The number of hydrogen-bond donors (Lipinski definition) is 2. The maximum Gasteiger partial charge on any atom is 0.276 e. The van der Waals surface area contributed by atoms with E-state index in [1.165, 1.54) is 0 Å². The van der Waals surface area contributed by atoms with E-state index in [4.69, 9.17) is 4.74 Å². The van der Waals surface area contributed by atoms with Crippen LogP contribution >= 0.6 is 15.9 Å². The molecule has 0 radical (unpaired) electrons. The van der Waals surface area contributed by atoms with Gasteiger partial charge in [-0.3, -0.25) is 20.4 Å². The Balaban J connectivity index is 1.57. The van der Waals surface area contributed by atoms with Crippen LogP contribution in [0.2, 0.25) is 0 Å². The fourth-order valence-electron chi connectivity index (χ4n) is 2.73. The molecule has 7 nitrogen and oxygen atoms in total. The molecule has 0 fully saturated rings. The van der Waals surface area contributed by atoms with E-state index in [-0.39, 0.29) is 6.61 Å². The second-order valence-electron chi connectivity index (χ2n) is 5.86. The van der Waals surface area contributed by atoms with Crippen LogP contribution in [-0.4, -0.2) is 28.0 Å². The Kier molecular flexibility index (Phi) is 5.75. The average Bonchev–Trinajstić information content (AvgIpc) is 2.98. The maximum absolute atomic E-state index is 12.3. The molecule has 27 heavy (non-hydrogen) atoms. The van der Waals surface area contributed by atoms with Crippen molar-refractivity contribution in [1.29, 1.82) is 0 Å². The van der Waals surface area contributed by atoms with Crippen molar-refractivity contribution < 1.29 is 14.3 Å². The first-order chi connectivity index (χ1) is 13.0. The van der Waals surface area contributed by atoms with Gasteiger partial charge in [0, 0.05) is 16.6 Å². The molecule has 0 saturated carbocycles. The predicted molar refractivity (Wildman–Crippen MR) is 105 cm³/mol. The predicted octanol–water partition coefficient (Wildman–Crippen LogP) is 2.97. The minimum atomic E-state index is -0.462. The number of nitrogens with one attached hydrogen (secondary N) is 2. The highest BCUT2D eigenvalue weighted by Gasteiger charge is 2.12. The lowest BCUT2D eigenvalue weighted by molar-refractivity contribution is -0.123. The van der Waals surface area contributed by atoms with E-state index in [1.807, 2.05) is 26.0 Å². The van der Waals surface area contributed by atoms with Gasteiger partial charge in [-0.1, -0.05) is 22.0 Å². The minimum Gasteiger partial charge on any atom is -0.484 e. The molecule has 3 aromatic rings. The number of hydrogen-bond acceptors (Lipinski definition) is 4. The molecular formula is C19H19BrN4O3. The fraction of sp³-hybridized carbons (Fsp3) is 0.211. The second-order valence-corrected chi connectivity index (χ2v) is 6.77. The van der Waals surface area contributed by atoms with Crippen molar-refractivity contribution in [3.05, 3.63) is 58.3 Å². The van der Waals surface area contributed by atoms with Crippen LogP contribution in [0.3, 0.4) is 0 Å². The molecule has 140 valence electrons. The summed E-state index contributed by atoms with van der Waals surface area (Å²) in [5.74, 6) is 0.563. The van der Waals surface area contributed by atoms with Gasteiger partial charge in [0.25, 0.3) is 11.8 Å². The van der Waals surface area contributed by atoms with Crippen molar-refractivity contribution in [1.82, 2.24) is 20.4 Å². The van der Waals surface area contributed by atoms with Gasteiger partial charge in [0.1, 0.15) is 11.6 Å². The number of ether oxygens (including phenoxy) is 1. The molecule has 1 aromatic heterocycles. The number of hydrazine groups is 1. The Hall–Kier alpha value is -2.87. The van der Waals surface area contributed by atoms with E-state index >= 15 is 0 Å². The lowest BCUT2D eigenvalue weighted by atomic mass is 10.2. The van der Waals surface area contributed by atoms with Gasteiger partial charge in [0.2, 0.25) is 0 Å². The Labute approximate surface area is 164 Å². The van der Waals surface area contributed by atoms with Crippen molar-refractivity contribution in [3.8, 4) is 5.75 Å². The van der Waals surface area contributed by atoms with E-state index in [2.05, 4.69) is 36.3 Å². The first kappa shape index (κ1) is 18.9. The van der Waals surface area contributed by atoms with Crippen molar-refractivity contribution in [2.75, 3.05) is 6.61 Å². The molecule has 8 heteroatoms. The highest BCUT2D eigenvalue weighted by molar-refractivity contribution is 9.10. The fourth-order valence-corrected chi connectivity index (χ4v) is 3.11. The number of imidazole rings is 1. The van der Waals surface area contributed by atoms with Crippen LogP contribution in [0.25, 0.3) is 11.0 Å². The molecule has 2 N–H and O–H groups in total. The van der Waals surface area contributed by atoms with E-state index in [9.17, 15) is 9.59 Å². The molecule has 0 bridgehead atoms. The van der Waals surface area contributed by atoms with Crippen molar-refractivity contribution in [2.45, 2.75) is 20.4 Å². The van der Waals surface area contributed by atoms with Crippen LogP contribution in [-0.2, 0) is 11.3 Å². The molecule has 0 aliphatic carbocycles. The van der Waals surface area contributed by atoms with Crippen LogP contribution in [0.5, 0.6) is 5.75 Å². The Morgan fingerprint density at radius 2 is 2.00 bits per heavy atom. The number of aryl methyl sites for hydroxylation is 2. The smallest absolute Gasteiger partial charge is 0.276 e. The summed E-state index contributed by atoms with van der Waals surface area (Å²) in [5, 5.41) is 0. The van der Waals surface area contributed by atoms with Gasteiger partial charge in [0.15, 0.2) is 6.61 Å². The quantitative estimate of drug-likeness (QED) is 0.609. The number of benzene rings is 2. The standard InChI is InChI=1S/C19H19BrN4O3/c1-3-24-12(2)21-16-9-13(7-8-17(16)24)19(26)23-22-18(25)11-27-15-6-4-5-14(20)10-15/h4-10H,3,11H2,1-2H3,(H,22,25)(H,23,26). The number of halogens is 1. The topological polar surface area (TPSA) is 85.3 Å². The summed E-state index contributed by atoms with van der Waals surface area (Å²) >= 11 is 3.33. The van der Waals surface area contributed by atoms with Crippen LogP contribution in [0.15, 0.2) is 46.9 Å². The SMILES string of the molecule is CCn1c(C)nc2cc(C(=O)NNC(=O)COc3cccc(Br)c3)ccc21. The molecule has 0 atom stereocenters. The third-order valence-corrected chi connectivity index (χ3v) is 4.49. The molecule has 0 saturated heterocycles. The first-order valence-electron chi connectivity index (χ1n) is 8.42. The first-order valence-corrected chi connectivity index (χ1v) is 9.21. The molecule has 2 amide bonds. The summed E-state index contributed by atoms with van der Waals surface area (Å²) in [6, 6.07) is 12.4. The van der Waals surface area contributed by atoms with Crippen LogP contribution in [0, 0.1) is 6.92 Å². The van der Waals surface area contributed by atoms with Crippen molar-refractivity contribution in [3.63, 3.8) is 0 Å². The Bertz CT molecular complexity index is 1000. The van der Waals surface area contributed by atoms with E-state index < -0.39 is 11.8 Å². The summed E-state index contributed by atoms with van der Waals surface area (Å²) in [5.41, 5.74) is 6.85. The zero-order valence-electron chi connectivity index (χ0n) is 15.0. The lowest BCUT2D eigenvalue weighted by Crippen LogP contribution is -2.43. The molecule has 0 unspecified atom stereocenters. The number of rotatable bonds is 5. The monoisotopic (exact) mass is 430 g/mol. The normalized spacial score (nSPS) is 10.6.